The largest absolute Gasteiger partial charge is 0.460 e. The third kappa shape index (κ3) is 9.39. The van der Waals surface area contributed by atoms with E-state index in [4.69, 9.17) is 0 Å². The van der Waals surface area contributed by atoms with Crippen LogP contribution in [0.4, 0.5) is 132 Å². The number of alkyl halides is 30. The smallest absolute Gasteiger partial charge is 0.389 e. The zero-order valence-corrected chi connectivity index (χ0v) is 26.4. The normalized spacial score (nSPS) is 15.9. The van der Waals surface area contributed by atoms with Crippen LogP contribution in [0.5, 0.6) is 0 Å². The molecule has 58 heavy (non-hydrogen) atoms. The second-order valence-corrected chi connectivity index (χ2v) is 11.5. The Kier molecular flexibility index (Phi) is 14.8. The molecule has 0 aromatic rings. The van der Waals surface area contributed by atoms with E-state index in [0.29, 0.717) is 0 Å². The highest BCUT2D eigenvalue weighted by Crippen LogP contribution is 2.62. The maximum Gasteiger partial charge on any atom is 0.460 e. The van der Waals surface area contributed by atoms with Crippen molar-refractivity contribution in [2.75, 3.05) is 13.1 Å². The number of nitrogens with one attached hydrogen (secondary N) is 2. The van der Waals surface area contributed by atoms with Crippen LogP contribution >= 0.6 is 0 Å². The Bertz CT molecular complexity index is 1340. The molecule has 0 saturated carbocycles. The number of amides is 2. The number of aliphatic hydroxyl groups is 1. The highest BCUT2D eigenvalue weighted by atomic mass is 19.4. The van der Waals surface area contributed by atoms with Crippen molar-refractivity contribution in [1.82, 2.24) is 10.6 Å². The summed E-state index contributed by atoms with van der Waals surface area (Å²) < 4.78 is 396. The lowest BCUT2D eigenvalue weighted by molar-refractivity contribution is -0.440. The van der Waals surface area contributed by atoms with Crippen LogP contribution in [0, 0.1) is 0 Å². The van der Waals surface area contributed by atoms with Crippen molar-refractivity contribution in [3.05, 3.63) is 0 Å². The minimum absolute atomic E-state index is 0.718. The van der Waals surface area contributed by atoms with Gasteiger partial charge in [0.2, 0.25) is 0 Å². The van der Waals surface area contributed by atoms with E-state index in [1.165, 1.54) is 0 Å². The molecule has 0 heterocycles. The summed E-state index contributed by atoms with van der Waals surface area (Å²) in [6.07, 6.45) is -32.1. The molecule has 0 aromatic heterocycles. The van der Waals surface area contributed by atoms with E-state index in [-0.39, 0.29) is 0 Å². The van der Waals surface area contributed by atoms with Crippen LogP contribution in [0.1, 0.15) is 25.7 Å². The van der Waals surface area contributed by atoms with Crippen molar-refractivity contribution in [2.45, 2.75) is 115 Å². The van der Waals surface area contributed by atoms with Crippen molar-refractivity contribution < 1.29 is 146 Å². The quantitative estimate of drug-likeness (QED) is 0.107. The molecule has 346 valence electrons. The summed E-state index contributed by atoms with van der Waals surface area (Å²) in [5.41, 5.74) is 0. The monoisotopic (exact) mass is 938 g/mol. The SMILES string of the molecule is O=C(NCC(O)CNC(=O)C(F)(F)CCC(F)(F)C(F)(F)C(F)(F)C(F)(F)C(F)(F)C(F)(F)F)C(F)(F)CCC(F)(F)C(F)(F)C(F)(F)C(F)(F)C(F)(F)C(F)(F)F. The first kappa shape index (κ1) is 54.8. The topological polar surface area (TPSA) is 78.4 Å². The summed E-state index contributed by atoms with van der Waals surface area (Å²) >= 11 is 0. The first-order valence-corrected chi connectivity index (χ1v) is 13.8. The second-order valence-electron chi connectivity index (χ2n) is 11.5. The zero-order valence-electron chi connectivity index (χ0n) is 26.4. The van der Waals surface area contributed by atoms with Crippen molar-refractivity contribution in [3.8, 4) is 0 Å². The Morgan fingerprint density at radius 1 is 0.345 bits per heavy atom. The lowest BCUT2D eigenvalue weighted by Crippen LogP contribution is -2.70. The van der Waals surface area contributed by atoms with E-state index in [9.17, 15) is 146 Å². The fourth-order valence-corrected chi connectivity index (χ4v) is 3.52. The van der Waals surface area contributed by atoms with Crippen LogP contribution in [-0.2, 0) is 9.59 Å². The first-order chi connectivity index (χ1) is 24.9. The van der Waals surface area contributed by atoms with Crippen LogP contribution in [0.15, 0.2) is 0 Å². The standard InChI is InChI=1S/C23H16F30N2O3/c24-10(25,1-3-12(28,29)14(32,33)16(36,37)18(40,41)20(44,45)22(48,49)50)8(57)54-5-7(56)6-55-9(58)11(26,27)2-4-13(30,31)15(34,35)17(38,39)19(42,43)21(46,47)23(51,52)53/h7,56H,1-6H2,(H,54,57)(H,55,58). The van der Waals surface area contributed by atoms with Crippen molar-refractivity contribution in [1.29, 1.82) is 0 Å². The van der Waals surface area contributed by atoms with Gasteiger partial charge in [0.1, 0.15) is 0 Å². The highest BCUT2D eigenvalue weighted by Gasteiger charge is 2.92. The number of rotatable bonds is 20. The van der Waals surface area contributed by atoms with Gasteiger partial charge in [-0.15, -0.1) is 0 Å². The van der Waals surface area contributed by atoms with Gasteiger partial charge in [-0.3, -0.25) is 9.59 Å². The summed E-state index contributed by atoms with van der Waals surface area (Å²) in [6, 6.07) is 0. The Morgan fingerprint density at radius 2 is 0.552 bits per heavy atom. The van der Waals surface area contributed by atoms with E-state index < -0.39 is 140 Å². The molecule has 2 amide bonds. The van der Waals surface area contributed by atoms with Gasteiger partial charge in [0.15, 0.2) is 0 Å². The molecular weight excluding hydrogens is 922 g/mol. The molecule has 0 bridgehead atoms. The van der Waals surface area contributed by atoms with E-state index in [2.05, 4.69) is 0 Å². The van der Waals surface area contributed by atoms with Crippen LogP contribution in [-0.4, -0.2) is 120 Å². The molecule has 0 saturated heterocycles. The Balaban J connectivity index is 5.64. The van der Waals surface area contributed by atoms with Crippen molar-refractivity contribution >= 4 is 11.8 Å². The fraction of sp³-hybridized carbons (Fsp3) is 0.913. The number of aliphatic hydroxyl groups excluding tert-OH is 1. The fourth-order valence-electron chi connectivity index (χ4n) is 3.52. The molecule has 0 aliphatic carbocycles. The van der Waals surface area contributed by atoms with Crippen LogP contribution in [0.25, 0.3) is 0 Å². The van der Waals surface area contributed by atoms with Gasteiger partial charge in [-0.25, -0.2) is 0 Å². The lowest BCUT2D eigenvalue weighted by atomic mass is 9.91. The molecule has 0 rings (SSSR count). The minimum Gasteiger partial charge on any atom is -0.389 e. The van der Waals surface area contributed by atoms with E-state index >= 15 is 0 Å². The number of carbonyl (C=O) groups is 2. The van der Waals surface area contributed by atoms with Gasteiger partial charge < -0.3 is 15.7 Å². The van der Waals surface area contributed by atoms with Gasteiger partial charge in [-0.1, -0.05) is 0 Å². The molecule has 0 aromatic carbocycles. The number of hydrogen-bond donors (Lipinski definition) is 3. The van der Waals surface area contributed by atoms with Crippen LogP contribution < -0.4 is 10.6 Å². The summed E-state index contributed by atoms with van der Waals surface area (Å²) in [6.45, 7) is -3.78. The summed E-state index contributed by atoms with van der Waals surface area (Å²) in [7, 11) is 0. The molecule has 0 aliphatic heterocycles. The van der Waals surface area contributed by atoms with Gasteiger partial charge in [0.05, 0.1) is 6.10 Å². The van der Waals surface area contributed by atoms with Gasteiger partial charge >= 0.3 is 83.4 Å². The zero-order chi connectivity index (χ0) is 47.4. The maximum atomic E-state index is 13.9. The molecule has 0 atom stereocenters. The van der Waals surface area contributed by atoms with Crippen LogP contribution in [0.3, 0.4) is 0 Å². The number of carbonyl (C=O) groups excluding carboxylic acids is 2. The molecule has 35 heteroatoms. The Morgan fingerprint density at radius 3 is 0.759 bits per heavy atom. The Hall–Kier alpha value is -3.20. The minimum atomic E-state index is -8.41. The molecule has 0 radical (unpaired) electrons. The molecule has 0 spiro atoms. The van der Waals surface area contributed by atoms with Crippen molar-refractivity contribution in [2.24, 2.45) is 0 Å². The lowest BCUT2D eigenvalue weighted by Gasteiger charge is -2.40. The number of hydrogen-bond acceptors (Lipinski definition) is 3. The van der Waals surface area contributed by atoms with E-state index in [1.54, 1.807) is 0 Å². The van der Waals surface area contributed by atoms with Crippen molar-refractivity contribution in [3.63, 3.8) is 0 Å². The third-order valence-corrected chi connectivity index (χ3v) is 7.16. The molecule has 5 nitrogen and oxygen atoms in total. The molecule has 0 fully saturated rings. The van der Waals surface area contributed by atoms with Gasteiger partial charge in [0, 0.05) is 38.8 Å². The van der Waals surface area contributed by atoms with Gasteiger partial charge in [-0.2, -0.15) is 132 Å². The molecule has 0 unspecified atom stereocenters. The maximum absolute atomic E-state index is 13.9. The van der Waals surface area contributed by atoms with Gasteiger partial charge in [0.25, 0.3) is 11.8 Å². The molecule has 3 N–H and O–H groups in total. The highest BCUT2D eigenvalue weighted by molar-refractivity contribution is 5.84. The predicted octanol–water partition coefficient (Wildman–Crippen LogP) is 8.89. The molecule has 0 aliphatic rings. The van der Waals surface area contributed by atoms with E-state index in [0.717, 1.165) is 10.6 Å². The van der Waals surface area contributed by atoms with E-state index in [1.807, 2.05) is 0 Å². The summed E-state index contributed by atoms with van der Waals surface area (Å²) in [4.78, 5) is 23.0. The first-order valence-electron chi connectivity index (χ1n) is 13.8. The third-order valence-electron chi connectivity index (χ3n) is 7.16. The number of halogens is 30. The average Bonchev–Trinajstić information content (AvgIpc) is 3.02. The summed E-state index contributed by atoms with van der Waals surface area (Å²) in [5, 5.41) is 10.9. The Labute approximate surface area is 298 Å². The summed E-state index contributed by atoms with van der Waals surface area (Å²) in [5.74, 6) is -97.8. The van der Waals surface area contributed by atoms with Gasteiger partial charge in [-0.05, 0) is 0 Å². The second kappa shape index (κ2) is 15.7. The predicted molar refractivity (Wildman–Crippen MR) is 122 cm³/mol. The average molecular weight is 938 g/mol. The molecular formula is C23H16F30N2O3. The van der Waals surface area contributed by atoms with Crippen LogP contribution in [0.2, 0.25) is 0 Å².